The van der Waals surface area contributed by atoms with Gasteiger partial charge in [-0.3, -0.25) is 0 Å². The van der Waals surface area contributed by atoms with Crippen LogP contribution >= 0.6 is 39.7 Å². The number of nitrogens with one attached hydrogen (secondary N) is 1. The van der Waals surface area contributed by atoms with Gasteiger partial charge in [0.15, 0.2) is 0 Å². The number of halogens is 3. The minimum Gasteiger partial charge on any atom is -0.389 e. The van der Waals surface area contributed by atoms with E-state index < -0.39 is 5.82 Å². The van der Waals surface area contributed by atoms with E-state index in [0.29, 0.717) is 16.3 Å². The molecule has 0 radical (unpaired) electrons. The standard InChI is InChI=1S/C13H9BrClFN2S/c14-9-6-8(2-3-10(9)15)18-12-4-1-7(13(17)19)5-11(12)16/h1-6,18H,(H2,17,19). The van der Waals surface area contributed by atoms with Crippen LogP contribution in [-0.2, 0) is 0 Å². The highest BCUT2D eigenvalue weighted by molar-refractivity contribution is 9.10. The molecule has 0 aromatic heterocycles. The van der Waals surface area contributed by atoms with E-state index >= 15 is 0 Å². The molecule has 3 N–H and O–H groups in total. The van der Waals surface area contributed by atoms with E-state index in [1.54, 1.807) is 30.3 Å². The first-order valence-corrected chi connectivity index (χ1v) is 6.87. The molecule has 2 nitrogen and oxygen atoms in total. The van der Waals surface area contributed by atoms with Crippen LogP contribution in [0.2, 0.25) is 5.02 Å². The molecule has 0 atom stereocenters. The van der Waals surface area contributed by atoms with Crippen LogP contribution in [0.15, 0.2) is 40.9 Å². The zero-order chi connectivity index (χ0) is 14.0. The fourth-order valence-corrected chi connectivity index (χ4v) is 2.12. The molecule has 0 amide bonds. The molecule has 0 spiro atoms. The van der Waals surface area contributed by atoms with Gasteiger partial charge < -0.3 is 11.1 Å². The fourth-order valence-electron chi connectivity index (χ4n) is 1.50. The van der Waals surface area contributed by atoms with Crippen molar-refractivity contribution < 1.29 is 4.39 Å². The van der Waals surface area contributed by atoms with Crippen molar-refractivity contribution in [3.63, 3.8) is 0 Å². The van der Waals surface area contributed by atoms with Crippen LogP contribution in [0.3, 0.4) is 0 Å². The quantitative estimate of drug-likeness (QED) is 0.785. The molecule has 98 valence electrons. The lowest BCUT2D eigenvalue weighted by Crippen LogP contribution is -2.09. The molecule has 0 unspecified atom stereocenters. The van der Waals surface area contributed by atoms with Gasteiger partial charge in [-0.1, -0.05) is 23.8 Å². The van der Waals surface area contributed by atoms with Crippen molar-refractivity contribution in [3.05, 3.63) is 57.3 Å². The Morgan fingerprint density at radius 1 is 1.26 bits per heavy atom. The molecule has 0 saturated carbocycles. The highest BCUT2D eigenvalue weighted by Gasteiger charge is 2.06. The summed E-state index contributed by atoms with van der Waals surface area (Å²) in [5, 5.41) is 3.55. The van der Waals surface area contributed by atoms with Crippen LogP contribution in [0.1, 0.15) is 5.56 Å². The highest BCUT2D eigenvalue weighted by atomic mass is 79.9. The minimum absolute atomic E-state index is 0.166. The first-order valence-electron chi connectivity index (χ1n) is 5.29. The molecular formula is C13H9BrClFN2S. The predicted octanol–water partition coefficient (Wildman–Crippen LogP) is 4.62. The van der Waals surface area contributed by atoms with E-state index in [1.165, 1.54) is 6.07 Å². The molecule has 0 aliphatic heterocycles. The van der Waals surface area contributed by atoms with Gasteiger partial charge in [0, 0.05) is 15.7 Å². The molecule has 6 heteroatoms. The number of benzene rings is 2. The molecule has 0 heterocycles. The monoisotopic (exact) mass is 358 g/mol. The predicted molar refractivity (Wildman–Crippen MR) is 84.7 cm³/mol. The third-order valence-corrected chi connectivity index (χ3v) is 3.90. The van der Waals surface area contributed by atoms with Gasteiger partial charge >= 0.3 is 0 Å². The largest absolute Gasteiger partial charge is 0.389 e. The third-order valence-electron chi connectivity index (χ3n) is 2.45. The van der Waals surface area contributed by atoms with Crippen LogP contribution in [0.4, 0.5) is 15.8 Å². The highest BCUT2D eigenvalue weighted by Crippen LogP contribution is 2.28. The molecule has 0 bridgehead atoms. The van der Waals surface area contributed by atoms with Crippen LogP contribution in [0, 0.1) is 5.82 Å². The Labute approximate surface area is 128 Å². The van der Waals surface area contributed by atoms with E-state index in [0.717, 1.165) is 10.2 Å². The summed E-state index contributed by atoms with van der Waals surface area (Å²) in [6.45, 7) is 0. The summed E-state index contributed by atoms with van der Waals surface area (Å²) in [6.07, 6.45) is 0. The average molecular weight is 360 g/mol. The van der Waals surface area contributed by atoms with Gasteiger partial charge in [0.05, 0.1) is 10.7 Å². The van der Waals surface area contributed by atoms with Crippen molar-refractivity contribution in [2.75, 3.05) is 5.32 Å². The molecular weight excluding hydrogens is 351 g/mol. The van der Waals surface area contributed by atoms with Crippen molar-refractivity contribution in [2.24, 2.45) is 5.73 Å². The topological polar surface area (TPSA) is 38.0 Å². The number of thiocarbonyl (C=S) groups is 1. The second kappa shape index (κ2) is 5.86. The number of hydrogen-bond acceptors (Lipinski definition) is 2. The summed E-state index contributed by atoms with van der Waals surface area (Å²) in [5.41, 5.74) is 7.00. The zero-order valence-corrected chi connectivity index (χ0v) is 12.7. The normalized spacial score (nSPS) is 10.3. The molecule has 0 fully saturated rings. The van der Waals surface area contributed by atoms with E-state index in [9.17, 15) is 4.39 Å². The summed E-state index contributed by atoms with van der Waals surface area (Å²) >= 11 is 14.0. The SMILES string of the molecule is NC(=S)c1ccc(Nc2ccc(Cl)c(Br)c2)c(F)c1. The zero-order valence-electron chi connectivity index (χ0n) is 9.58. The molecule has 0 aliphatic rings. The number of rotatable bonds is 3. The summed E-state index contributed by atoms with van der Waals surface area (Å²) < 4.78 is 14.6. The summed E-state index contributed by atoms with van der Waals surface area (Å²) in [5.74, 6) is -0.420. The van der Waals surface area contributed by atoms with Gasteiger partial charge in [-0.15, -0.1) is 0 Å². The van der Waals surface area contributed by atoms with Gasteiger partial charge in [-0.2, -0.15) is 0 Å². The summed E-state index contributed by atoms with van der Waals surface area (Å²) in [6, 6.07) is 9.80. The molecule has 0 saturated heterocycles. The van der Waals surface area contributed by atoms with Crippen LogP contribution < -0.4 is 11.1 Å². The average Bonchev–Trinajstić information content (AvgIpc) is 2.36. The molecule has 2 aromatic carbocycles. The van der Waals surface area contributed by atoms with Gasteiger partial charge in [-0.25, -0.2) is 4.39 Å². The fraction of sp³-hybridized carbons (Fsp3) is 0. The van der Waals surface area contributed by atoms with Crippen molar-refractivity contribution in [1.29, 1.82) is 0 Å². The molecule has 19 heavy (non-hydrogen) atoms. The maximum absolute atomic E-state index is 13.9. The van der Waals surface area contributed by atoms with E-state index in [4.69, 9.17) is 29.6 Å². The molecule has 2 aromatic rings. The lowest BCUT2D eigenvalue weighted by molar-refractivity contribution is 0.631. The van der Waals surface area contributed by atoms with E-state index in [1.807, 2.05) is 0 Å². The van der Waals surface area contributed by atoms with E-state index in [2.05, 4.69) is 21.2 Å². The first kappa shape index (κ1) is 14.2. The number of anilines is 2. The van der Waals surface area contributed by atoms with Crippen LogP contribution in [0.5, 0.6) is 0 Å². The maximum Gasteiger partial charge on any atom is 0.147 e. The van der Waals surface area contributed by atoms with Gasteiger partial charge in [0.1, 0.15) is 10.8 Å². The Bertz CT molecular complexity index is 649. The Balaban J connectivity index is 2.28. The van der Waals surface area contributed by atoms with Crippen molar-refractivity contribution in [2.45, 2.75) is 0 Å². The number of hydrogen-bond donors (Lipinski definition) is 2. The lowest BCUT2D eigenvalue weighted by atomic mass is 10.2. The second-order valence-electron chi connectivity index (χ2n) is 3.81. The van der Waals surface area contributed by atoms with Crippen LogP contribution in [0.25, 0.3) is 0 Å². The van der Waals surface area contributed by atoms with Gasteiger partial charge in [0.25, 0.3) is 0 Å². The second-order valence-corrected chi connectivity index (χ2v) is 5.51. The molecule has 2 rings (SSSR count). The Morgan fingerprint density at radius 3 is 2.58 bits per heavy atom. The Hall–Kier alpha value is -1.17. The van der Waals surface area contributed by atoms with Gasteiger partial charge in [-0.05, 0) is 52.3 Å². The number of nitrogens with two attached hydrogens (primary N) is 1. The van der Waals surface area contributed by atoms with Crippen LogP contribution in [-0.4, -0.2) is 4.99 Å². The maximum atomic E-state index is 13.9. The Kier molecular flexibility index (Phi) is 4.39. The third kappa shape index (κ3) is 3.43. The first-order chi connectivity index (χ1) is 8.97. The summed E-state index contributed by atoms with van der Waals surface area (Å²) in [7, 11) is 0. The van der Waals surface area contributed by atoms with Crippen molar-refractivity contribution in [3.8, 4) is 0 Å². The van der Waals surface area contributed by atoms with Crippen molar-refractivity contribution in [1.82, 2.24) is 0 Å². The smallest absolute Gasteiger partial charge is 0.147 e. The Morgan fingerprint density at radius 2 is 2.00 bits per heavy atom. The minimum atomic E-state index is -0.420. The lowest BCUT2D eigenvalue weighted by Gasteiger charge is -2.09. The van der Waals surface area contributed by atoms with Crippen molar-refractivity contribution >= 4 is 56.1 Å². The summed E-state index contributed by atoms with van der Waals surface area (Å²) in [4.78, 5) is 0.166. The van der Waals surface area contributed by atoms with Gasteiger partial charge in [0.2, 0.25) is 0 Å². The molecule has 0 aliphatic carbocycles. The van der Waals surface area contributed by atoms with E-state index in [-0.39, 0.29) is 4.99 Å².